The Labute approximate surface area is 256 Å². The normalized spacial score (nSPS) is 14.9. The van der Waals surface area contributed by atoms with Crippen molar-refractivity contribution in [2.75, 3.05) is 6.61 Å². The molecule has 6 rings (SSSR count). The highest BCUT2D eigenvalue weighted by Gasteiger charge is 2.35. The van der Waals surface area contributed by atoms with Gasteiger partial charge in [0.05, 0.1) is 32.9 Å². The molecule has 0 amide bonds. The lowest BCUT2D eigenvalue weighted by molar-refractivity contribution is -0.138. The molecule has 0 saturated carbocycles. The van der Waals surface area contributed by atoms with Gasteiger partial charge in [0, 0.05) is 16.5 Å². The molecule has 10 heteroatoms. The minimum Gasteiger partial charge on any atom is -0.463 e. The van der Waals surface area contributed by atoms with Gasteiger partial charge in [0.1, 0.15) is 11.6 Å². The van der Waals surface area contributed by atoms with Gasteiger partial charge < -0.3 is 9.15 Å². The van der Waals surface area contributed by atoms with E-state index in [1.54, 1.807) is 31.2 Å². The van der Waals surface area contributed by atoms with Crippen LogP contribution in [0.5, 0.6) is 0 Å². The van der Waals surface area contributed by atoms with Gasteiger partial charge in [-0.15, -0.1) is 0 Å². The van der Waals surface area contributed by atoms with Gasteiger partial charge in [-0.25, -0.2) is 14.2 Å². The fraction of sp³-hybridized carbons (Fsp3) is 0.0938. The van der Waals surface area contributed by atoms with Crippen molar-refractivity contribution < 1.29 is 18.3 Å². The summed E-state index contributed by atoms with van der Waals surface area (Å²) in [6.07, 6.45) is 1.67. The predicted molar refractivity (Wildman–Crippen MR) is 164 cm³/mol. The summed E-state index contributed by atoms with van der Waals surface area (Å²) in [5.41, 5.74) is 1.50. The number of benzene rings is 3. The lowest BCUT2D eigenvalue weighted by Crippen LogP contribution is -2.40. The van der Waals surface area contributed by atoms with Crippen LogP contribution < -0.4 is 14.9 Å². The molecule has 0 fully saturated rings. The molecule has 1 atom stereocenters. The molecule has 3 aromatic carbocycles. The highest BCUT2D eigenvalue weighted by molar-refractivity contribution is 9.10. The summed E-state index contributed by atoms with van der Waals surface area (Å²) in [6, 6.07) is 25.8. The topological polar surface area (TPSA) is 73.8 Å². The maximum atomic E-state index is 14.0. The molecule has 5 aromatic rings. The van der Waals surface area contributed by atoms with Crippen LogP contribution in [0.1, 0.15) is 29.9 Å². The van der Waals surface area contributed by atoms with E-state index < -0.39 is 17.8 Å². The Bertz CT molecular complexity index is 1980. The van der Waals surface area contributed by atoms with E-state index >= 15 is 0 Å². The number of hydrogen-bond donors (Lipinski definition) is 0. The number of fused-ring (bicyclic) bond motifs is 1. The first-order chi connectivity index (χ1) is 20.4. The van der Waals surface area contributed by atoms with Crippen molar-refractivity contribution in [2.24, 2.45) is 4.99 Å². The molecule has 6 nitrogen and oxygen atoms in total. The summed E-state index contributed by atoms with van der Waals surface area (Å²) in [7, 11) is 0. The van der Waals surface area contributed by atoms with E-state index in [2.05, 4.69) is 15.9 Å². The van der Waals surface area contributed by atoms with Crippen molar-refractivity contribution in [3.8, 4) is 0 Å². The average Bonchev–Trinajstić information content (AvgIpc) is 3.51. The van der Waals surface area contributed by atoms with Gasteiger partial charge in [-0.1, -0.05) is 83.8 Å². The Morgan fingerprint density at radius 1 is 1.10 bits per heavy atom. The van der Waals surface area contributed by atoms with Crippen LogP contribution in [0, 0.1) is 5.82 Å². The summed E-state index contributed by atoms with van der Waals surface area (Å²) in [5.74, 6) is -0.540. The zero-order chi connectivity index (χ0) is 29.2. The average molecular weight is 662 g/mol. The lowest BCUT2D eigenvalue weighted by atomic mass is 9.93. The molecular weight excluding hydrogens is 639 g/mol. The number of furan rings is 1. The van der Waals surface area contributed by atoms with Gasteiger partial charge in [-0.2, -0.15) is 0 Å². The standard InChI is InChI=1S/C32H22BrFN2O4S2/c1-2-39-30(38)26-27(19-9-5-3-6-10-19)35-32-36(28(26)20-13-15-21(34)16-14-20)29(37)25(42-32)18-22-17-24(33)31(40-22)41-23-11-7-4-8-12-23/h3-18,28H,2H2,1H3/b25-18+/t28-/m1/s1. The third-order valence-electron chi connectivity index (χ3n) is 6.46. The minimum atomic E-state index is -0.884. The maximum absolute atomic E-state index is 14.0. The Morgan fingerprint density at radius 3 is 2.48 bits per heavy atom. The third-order valence-corrected chi connectivity index (χ3v) is 9.29. The number of halogens is 2. The molecule has 3 heterocycles. The molecule has 1 aliphatic rings. The Morgan fingerprint density at radius 2 is 1.79 bits per heavy atom. The van der Waals surface area contributed by atoms with Crippen LogP contribution >= 0.6 is 39.0 Å². The number of nitrogens with zero attached hydrogens (tertiary/aromatic N) is 2. The Hall–Kier alpha value is -3.99. The first-order valence-corrected chi connectivity index (χ1v) is 15.4. The van der Waals surface area contributed by atoms with Crippen LogP contribution in [-0.4, -0.2) is 17.1 Å². The summed E-state index contributed by atoms with van der Waals surface area (Å²) >= 11 is 6.21. The van der Waals surface area contributed by atoms with Crippen molar-refractivity contribution in [2.45, 2.75) is 23.0 Å². The number of thiazole rings is 1. The van der Waals surface area contributed by atoms with Gasteiger partial charge in [-0.05, 0) is 58.7 Å². The van der Waals surface area contributed by atoms with Gasteiger partial charge >= 0.3 is 5.97 Å². The Kier molecular flexibility index (Phi) is 8.10. The molecule has 1 aliphatic heterocycles. The summed E-state index contributed by atoms with van der Waals surface area (Å²) in [5, 5.41) is 0.653. The lowest BCUT2D eigenvalue weighted by Gasteiger charge is -2.25. The number of ether oxygens (including phenoxy) is 1. The van der Waals surface area contributed by atoms with E-state index in [9.17, 15) is 14.0 Å². The van der Waals surface area contributed by atoms with Crippen molar-refractivity contribution in [3.63, 3.8) is 0 Å². The summed E-state index contributed by atoms with van der Waals surface area (Å²) in [4.78, 5) is 33.7. The van der Waals surface area contributed by atoms with Gasteiger partial charge in [0.25, 0.3) is 5.56 Å². The molecule has 42 heavy (non-hydrogen) atoms. The number of aromatic nitrogens is 1. The van der Waals surface area contributed by atoms with E-state index in [0.29, 0.717) is 37.0 Å². The molecule has 0 spiro atoms. The smallest absolute Gasteiger partial charge is 0.338 e. The van der Waals surface area contributed by atoms with Crippen LogP contribution in [-0.2, 0) is 9.53 Å². The summed E-state index contributed by atoms with van der Waals surface area (Å²) in [6.45, 7) is 1.86. The van der Waals surface area contributed by atoms with Crippen molar-refractivity contribution >= 4 is 56.8 Å². The molecular formula is C32H22BrFN2O4S2. The van der Waals surface area contributed by atoms with E-state index in [-0.39, 0.29) is 17.7 Å². The van der Waals surface area contributed by atoms with E-state index in [0.717, 1.165) is 9.37 Å². The van der Waals surface area contributed by atoms with Crippen molar-refractivity contribution in [1.29, 1.82) is 0 Å². The number of hydrogen-bond acceptors (Lipinski definition) is 7. The van der Waals surface area contributed by atoms with Crippen molar-refractivity contribution in [1.82, 2.24) is 4.57 Å². The zero-order valence-corrected chi connectivity index (χ0v) is 25.3. The van der Waals surface area contributed by atoms with Crippen LogP contribution in [0.3, 0.4) is 0 Å². The Balaban J connectivity index is 1.54. The number of carbonyl (C=O) groups excluding carboxylic acids is 1. The predicted octanol–water partition coefficient (Wildman–Crippen LogP) is 6.58. The quantitative estimate of drug-likeness (QED) is 0.184. The SMILES string of the molecule is CCOC(=O)C1=C(c2ccccc2)N=c2s/c(=C/c3cc(Br)c(Sc4ccccc4)o3)c(=O)n2[C@@H]1c1ccc(F)cc1. The third kappa shape index (κ3) is 5.57. The van der Waals surface area contributed by atoms with E-state index in [4.69, 9.17) is 14.1 Å². The van der Waals surface area contributed by atoms with E-state index in [1.807, 2.05) is 60.7 Å². The molecule has 210 valence electrons. The molecule has 0 aliphatic carbocycles. The maximum Gasteiger partial charge on any atom is 0.338 e. The van der Waals surface area contributed by atoms with Gasteiger partial charge in [-0.3, -0.25) is 9.36 Å². The first kappa shape index (κ1) is 28.1. The zero-order valence-electron chi connectivity index (χ0n) is 22.1. The minimum absolute atomic E-state index is 0.141. The molecule has 2 aromatic heterocycles. The first-order valence-electron chi connectivity index (χ1n) is 13.0. The van der Waals surface area contributed by atoms with Crippen LogP contribution in [0.4, 0.5) is 4.39 Å². The largest absolute Gasteiger partial charge is 0.463 e. The second kappa shape index (κ2) is 12.1. The van der Waals surface area contributed by atoms with Crippen molar-refractivity contribution in [3.05, 3.63) is 143 Å². The van der Waals surface area contributed by atoms with Crippen LogP contribution in [0.25, 0.3) is 11.8 Å². The number of rotatable bonds is 7. The van der Waals surface area contributed by atoms with E-state index in [1.165, 1.54) is 39.8 Å². The molecule has 0 bridgehead atoms. The monoisotopic (exact) mass is 660 g/mol. The molecule has 0 radical (unpaired) electrons. The number of carbonyl (C=O) groups is 1. The fourth-order valence-corrected chi connectivity index (χ4v) is 6.97. The fourth-order valence-electron chi connectivity index (χ4n) is 4.64. The van der Waals surface area contributed by atoms with Crippen LogP contribution in [0.2, 0.25) is 0 Å². The second-order valence-corrected chi connectivity index (χ2v) is 12.1. The number of esters is 1. The highest BCUT2D eigenvalue weighted by Crippen LogP contribution is 2.37. The summed E-state index contributed by atoms with van der Waals surface area (Å²) < 4.78 is 28.1. The molecule has 0 unspecified atom stereocenters. The highest BCUT2D eigenvalue weighted by atomic mass is 79.9. The van der Waals surface area contributed by atoms with Gasteiger partial charge in [0.2, 0.25) is 0 Å². The van der Waals surface area contributed by atoms with Crippen LogP contribution in [0.15, 0.2) is 125 Å². The molecule has 0 N–H and O–H groups in total. The second-order valence-electron chi connectivity index (χ2n) is 9.18. The molecule has 0 saturated heterocycles. The van der Waals surface area contributed by atoms with Gasteiger partial charge in [0.15, 0.2) is 9.89 Å².